The number of anilines is 1. The van der Waals surface area contributed by atoms with Gasteiger partial charge in [0.1, 0.15) is 5.75 Å². The van der Waals surface area contributed by atoms with Crippen LogP contribution in [-0.4, -0.2) is 36.4 Å². The number of para-hydroxylation sites is 2. The lowest BCUT2D eigenvalue weighted by atomic mass is 9.81. The quantitative estimate of drug-likeness (QED) is 0.866. The minimum atomic E-state index is 0.0354. The van der Waals surface area contributed by atoms with Gasteiger partial charge in [-0.25, -0.2) is 0 Å². The van der Waals surface area contributed by atoms with E-state index < -0.39 is 0 Å². The predicted molar refractivity (Wildman–Crippen MR) is 88.3 cm³/mol. The molecule has 1 aromatic carbocycles. The van der Waals surface area contributed by atoms with Crippen LogP contribution in [0.15, 0.2) is 24.3 Å². The zero-order valence-corrected chi connectivity index (χ0v) is 13.6. The Bertz CT molecular complexity index is 587. The van der Waals surface area contributed by atoms with E-state index in [1.165, 1.54) is 0 Å². The number of carbonyl (C=O) groups is 2. The summed E-state index contributed by atoms with van der Waals surface area (Å²) in [5, 5.41) is 2.96. The summed E-state index contributed by atoms with van der Waals surface area (Å²) in [6.07, 6.45) is 2.83. The summed E-state index contributed by atoms with van der Waals surface area (Å²) in [6, 6.07) is 7.55. The Morgan fingerprint density at radius 2 is 2.13 bits per heavy atom. The Morgan fingerprint density at radius 3 is 2.96 bits per heavy atom. The molecule has 1 fully saturated rings. The Morgan fingerprint density at radius 1 is 1.30 bits per heavy atom. The van der Waals surface area contributed by atoms with Crippen molar-refractivity contribution in [3.63, 3.8) is 0 Å². The van der Waals surface area contributed by atoms with Crippen LogP contribution in [0.3, 0.4) is 0 Å². The maximum atomic E-state index is 12.3. The van der Waals surface area contributed by atoms with Crippen molar-refractivity contribution in [1.82, 2.24) is 4.90 Å². The summed E-state index contributed by atoms with van der Waals surface area (Å²) in [5.74, 6) is 1.61. The van der Waals surface area contributed by atoms with Gasteiger partial charge >= 0.3 is 0 Å². The first-order valence-corrected chi connectivity index (χ1v) is 8.47. The van der Waals surface area contributed by atoms with E-state index in [0.717, 1.165) is 37.4 Å². The highest BCUT2D eigenvalue weighted by Crippen LogP contribution is 2.32. The molecular weight excluding hydrogens is 292 g/mol. The zero-order valence-electron chi connectivity index (χ0n) is 13.6. The van der Waals surface area contributed by atoms with Gasteiger partial charge in [-0.2, -0.15) is 0 Å². The number of amides is 2. The molecular formula is C18H24N2O3. The summed E-state index contributed by atoms with van der Waals surface area (Å²) in [5.41, 5.74) is 0.745. The average Bonchev–Trinajstić information content (AvgIpc) is 2.56. The number of fused-ring (bicyclic) bond motifs is 2. The number of piperidine rings is 1. The number of rotatable bonds is 1. The van der Waals surface area contributed by atoms with Crippen molar-refractivity contribution in [3.05, 3.63) is 24.3 Å². The number of nitrogens with one attached hydrogen (secondary N) is 1. The number of hydrogen-bond donors (Lipinski definition) is 1. The van der Waals surface area contributed by atoms with Crippen molar-refractivity contribution in [2.75, 3.05) is 25.0 Å². The van der Waals surface area contributed by atoms with Gasteiger partial charge in [0.15, 0.2) is 0 Å². The second-order valence-electron chi connectivity index (χ2n) is 6.39. The molecule has 124 valence electrons. The van der Waals surface area contributed by atoms with Crippen molar-refractivity contribution in [1.29, 1.82) is 0 Å². The second-order valence-corrected chi connectivity index (χ2v) is 6.39. The minimum Gasteiger partial charge on any atom is -0.491 e. The fraction of sp³-hybridized carbons (Fsp3) is 0.556. The molecule has 0 aromatic heterocycles. The SMILES string of the molecule is CCC(=O)N1CC[C@H]2CC(=O)Nc3ccccc3OCC[C@H]2C1. The molecule has 2 aliphatic heterocycles. The minimum absolute atomic E-state index is 0.0354. The summed E-state index contributed by atoms with van der Waals surface area (Å²) in [7, 11) is 0. The average molecular weight is 316 g/mol. The summed E-state index contributed by atoms with van der Waals surface area (Å²) in [4.78, 5) is 26.2. The van der Waals surface area contributed by atoms with Gasteiger partial charge in [0, 0.05) is 25.9 Å². The third kappa shape index (κ3) is 3.66. The zero-order chi connectivity index (χ0) is 16.2. The van der Waals surface area contributed by atoms with Crippen LogP contribution in [0.5, 0.6) is 5.75 Å². The van der Waals surface area contributed by atoms with E-state index in [-0.39, 0.29) is 11.8 Å². The third-order valence-corrected chi connectivity index (χ3v) is 4.90. The van der Waals surface area contributed by atoms with E-state index in [9.17, 15) is 9.59 Å². The van der Waals surface area contributed by atoms with Gasteiger partial charge in [-0.3, -0.25) is 9.59 Å². The van der Waals surface area contributed by atoms with Crippen LogP contribution >= 0.6 is 0 Å². The molecule has 1 saturated heterocycles. The lowest BCUT2D eigenvalue weighted by Crippen LogP contribution is -2.45. The highest BCUT2D eigenvalue weighted by Gasteiger charge is 2.32. The van der Waals surface area contributed by atoms with E-state index in [4.69, 9.17) is 4.74 Å². The smallest absolute Gasteiger partial charge is 0.224 e. The predicted octanol–water partition coefficient (Wildman–Crippen LogP) is 2.67. The van der Waals surface area contributed by atoms with E-state index in [2.05, 4.69) is 5.32 Å². The van der Waals surface area contributed by atoms with Crippen molar-refractivity contribution >= 4 is 17.5 Å². The summed E-state index contributed by atoms with van der Waals surface area (Å²) in [6.45, 7) is 4.02. The largest absolute Gasteiger partial charge is 0.491 e. The Balaban J connectivity index is 1.74. The molecule has 0 saturated carbocycles. The van der Waals surface area contributed by atoms with Crippen LogP contribution in [0, 0.1) is 11.8 Å². The molecule has 3 rings (SSSR count). The van der Waals surface area contributed by atoms with Gasteiger partial charge in [0.05, 0.1) is 12.3 Å². The van der Waals surface area contributed by atoms with E-state index in [1.807, 2.05) is 36.1 Å². The van der Waals surface area contributed by atoms with Crippen LogP contribution in [0.1, 0.15) is 32.6 Å². The van der Waals surface area contributed by atoms with Crippen LogP contribution in [-0.2, 0) is 9.59 Å². The van der Waals surface area contributed by atoms with Gasteiger partial charge < -0.3 is 15.0 Å². The molecule has 2 heterocycles. The molecule has 1 N–H and O–H groups in total. The van der Waals surface area contributed by atoms with Crippen molar-refractivity contribution in [3.8, 4) is 5.75 Å². The molecule has 0 aliphatic carbocycles. The molecule has 0 spiro atoms. The fourth-order valence-corrected chi connectivity index (χ4v) is 3.58. The molecule has 0 unspecified atom stereocenters. The molecule has 1 aromatic rings. The molecule has 2 aliphatic rings. The number of ether oxygens (including phenoxy) is 1. The van der Waals surface area contributed by atoms with E-state index in [1.54, 1.807) is 0 Å². The third-order valence-electron chi connectivity index (χ3n) is 4.90. The van der Waals surface area contributed by atoms with Crippen LogP contribution in [0.2, 0.25) is 0 Å². The molecule has 5 nitrogen and oxygen atoms in total. The summed E-state index contributed by atoms with van der Waals surface area (Å²) >= 11 is 0. The summed E-state index contributed by atoms with van der Waals surface area (Å²) < 4.78 is 5.87. The first kappa shape index (κ1) is 15.8. The van der Waals surface area contributed by atoms with Gasteiger partial charge in [0.25, 0.3) is 0 Å². The van der Waals surface area contributed by atoms with Crippen molar-refractivity contribution < 1.29 is 14.3 Å². The first-order chi connectivity index (χ1) is 11.2. The van der Waals surface area contributed by atoms with Gasteiger partial charge in [-0.15, -0.1) is 0 Å². The molecule has 5 heteroatoms. The molecule has 0 bridgehead atoms. The number of hydrogen-bond acceptors (Lipinski definition) is 3. The molecule has 0 radical (unpaired) electrons. The molecule has 2 amide bonds. The van der Waals surface area contributed by atoms with Crippen LogP contribution < -0.4 is 10.1 Å². The lowest BCUT2D eigenvalue weighted by Gasteiger charge is -2.39. The maximum Gasteiger partial charge on any atom is 0.224 e. The van der Waals surface area contributed by atoms with Crippen LogP contribution in [0.4, 0.5) is 5.69 Å². The molecule has 23 heavy (non-hydrogen) atoms. The molecule has 2 atom stereocenters. The standard InChI is InChI=1S/C18H24N2O3/c1-2-18(22)20-9-7-13-11-17(21)19-15-5-3-4-6-16(15)23-10-8-14(13)12-20/h3-6,13-14H,2,7-12H2,1H3,(H,19,21)/t13-,14-/m0/s1. The van der Waals surface area contributed by atoms with Gasteiger partial charge in [-0.05, 0) is 36.8 Å². The highest BCUT2D eigenvalue weighted by atomic mass is 16.5. The monoisotopic (exact) mass is 316 g/mol. The highest BCUT2D eigenvalue weighted by molar-refractivity contribution is 5.92. The Labute approximate surface area is 137 Å². The lowest BCUT2D eigenvalue weighted by molar-refractivity contribution is -0.133. The first-order valence-electron chi connectivity index (χ1n) is 8.47. The Kier molecular flexibility index (Phi) is 4.84. The van der Waals surface area contributed by atoms with Crippen molar-refractivity contribution in [2.24, 2.45) is 11.8 Å². The number of benzene rings is 1. The normalized spacial score (nSPS) is 24.7. The van der Waals surface area contributed by atoms with E-state index >= 15 is 0 Å². The second kappa shape index (κ2) is 7.02. The van der Waals surface area contributed by atoms with Gasteiger partial charge in [-0.1, -0.05) is 19.1 Å². The number of nitrogens with zero attached hydrogens (tertiary/aromatic N) is 1. The maximum absolute atomic E-state index is 12.3. The van der Waals surface area contributed by atoms with Crippen LogP contribution in [0.25, 0.3) is 0 Å². The number of carbonyl (C=O) groups excluding carboxylic acids is 2. The Hall–Kier alpha value is -2.04. The van der Waals surface area contributed by atoms with E-state index in [0.29, 0.717) is 31.3 Å². The fourth-order valence-electron chi connectivity index (χ4n) is 3.58. The number of likely N-dealkylation sites (tertiary alicyclic amines) is 1. The van der Waals surface area contributed by atoms with Crippen molar-refractivity contribution in [2.45, 2.75) is 32.6 Å². The van der Waals surface area contributed by atoms with Gasteiger partial charge in [0.2, 0.25) is 11.8 Å². The topological polar surface area (TPSA) is 58.6 Å².